The maximum Gasteiger partial charge on any atom is 0.211 e. The van der Waals surface area contributed by atoms with E-state index in [1.807, 2.05) is 0 Å². The van der Waals surface area contributed by atoms with Gasteiger partial charge in [-0.1, -0.05) is 0 Å². The summed E-state index contributed by atoms with van der Waals surface area (Å²) >= 11 is 0. The lowest BCUT2D eigenvalue weighted by Crippen LogP contribution is -2.44. The van der Waals surface area contributed by atoms with E-state index in [1.165, 1.54) is 19.1 Å². The monoisotopic (exact) mass is 261 g/mol. The van der Waals surface area contributed by atoms with Crippen molar-refractivity contribution in [3.8, 4) is 0 Å². The van der Waals surface area contributed by atoms with Crippen molar-refractivity contribution in [1.82, 2.24) is 14.5 Å². The van der Waals surface area contributed by atoms with Gasteiger partial charge in [0.1, 0.15) is 0 Å². The lowest BCUT2D eigenvalue weighted by Gasteiger charge is -2.33. The zero-order chi connectivity index (χ0) is 12.3. The first-order chi connectivity index (χ1) is 8.07. The SMILES string of the molecule is CS(=O)(=O)N1CCCN(C2CCNCC2)CC1. The first kappa shape index (κ1) is 13.3. The summed E-state index contributed by atoms with van der Waals surface area (Å²) in [6, 6.07) is 0.649. The quantitative estimate of drug-likeness (QED) is 0.742. The van der Waals surface area contributed by atoms with E-state index in [9.17, 15) is 8.42 Å². The van der Waals surface area contributed by atoms with E-state index >= 15 is 0 Å². The molecule has 5 nitrogen and oxygen atoms in total. The summed E-state index contributed by atoms with van der Waals surface area (Å²) in [7, 11) is -3.01. The summed E-state index contributed by atoms with van der Waals surface area (Å²) in [5, 5.41) is 3.37. The average Bonchev–Trinajstić information content (AvgIpc) is 2.55. The van der Waals surface area contributed by atoms with Crippen LogP contribution in [0.25, 0.3) is 0 Å². The Morgan fingerprint density at radius 2 is 1.76 bits per heavy atom. The Labute approximate surface area is 104 Å². The fourth-order valence-electron chi connectivity index (χ4n) is 2.78. The van der Waals surface area contributed by atoms with Crippen LogP contribution in [0.2, 0.25) is 0 Å². The van der Waals surface area contributed by atoms with Crippen LogP contribution in [0.4, 0.5) is 0 Å². The number of piperidine rings is 1. The van der Waals surface area contributed by atoms with Gasteiger partial charge in [-0.25, -0.2) is 12.7 Å². The van der Waals surface area contributed by atoms with E-state index < -0.39 is 10.0 Å². The topological polar surface area (TPSA) is 52.7 Å². The fraction of sp³-hybridized carbons (Fsp3) is 1.00. The van der Waals surface area contributed by atoms with E-state index in [4.69, 9.17) is 0 Å². The summed E-state index contributed by atoms with van der Waals surface area (Å²) in [5.41, 5.74) is 0. The molecule has 1 N–H and O–H groups in total. The van der Waals surface area contributed by atoms with Crippen molar-refractivity contribution in [3.63, 3.8) is 0 Å². The second kappa shape index (κ2) is 5.65. The van der Waals surface area contributed by atoms with Gasteiger partial charge in [-0.15, -0.1) is 0 Å². The summed E-state index contributed by atoms with van der Waals surface area (Å²) in [6.07, 6.45) is 4.65. The average molecular weight is 261 g/mol. The molecule has 0 aliphatic carbocycles. The van der Waals surface area contributed by atoms with Gasteiger partial charge in [0.2, 0.25) is 10.0 Å². The highest BCUT2D eigenvalue weighted by Crippen LogP contribution is 2.15. The van der Waals surface area contributed by atoms with Crippen molar-refractivity contribution in [1.29, 1.82) is 0 Å². The van der Waals surface area contributed by atoms with E-state index in [2.05, 4.69) is 10.2 Å². The lowest BCUT2D eigenvalue weighted by atomic mass is 10.0. The third-order valence-corrected chi connectivity index (χ3v) is 5.09. The molecule has 0 spiro atoms. The van der Waals surface area contributed by atoms with Gasteiger partial charge in [0, 0.05) is 25.7 Å². The van der Waals surface area contributed by atoms with Crippen LogP contribution in [-0.4, -0.2) is 69.2 Å². The van der Waals surface area contributed by atoms with Crippen LogP contribution in [0, 0.1) is 0 Å². The molecule has 2 aliphatic heterocycles. The van der Waals surface area contributed by atoms with Gasteiger partial charge in [0.15, 0.2) is 0 Å². The molecule has 0 aromatic heterocycles. The molecule has 100 valence electrons. The molecule has 17 heavy (non-hydrogen) atoms. The first-order valence-corrected chi connectivity index (χ1v) is 8.32. The molecule has 0 atom stereocenters. The van der Waals surface area contributed by atoms with Crippen LogP contribution in [0.1, 0.15) is 19.3 Å². The highest BCUT2D eigenvalue weighted by atomic mass is 32.2. The third-order valence-electron chi connectivity index (χ3n) is 3.78. The molecule has 2 rings (SSSR count). The Hall–Kier alpha value is -0.170. The summed E-state index contributed by atoms with van der Waals surface area (Å²) < 4.78 is 24.7. The predicted octanol–water partition coefficient (Wildman–Crippen LogP) is -0.294. The minimum Gasteiger partial charge on any atom is -0.317 e. The lowest BCUT2D eigenvalue weighted by molar-refractivity contribution is 0.170. The van der Waals surface area contributed by atoms with Gasteiger partial charge in [0.05, 0.1) is 6.26 Å². The summed E-state index contributed by atoms with van der Waals surface area (Å²) in [5.74, 6) is 0. The van der Waals surface area contributed by atoms with Crippen molar-refractivity contribution in [2.45, 2.75) is 25.3 Å². The second-order valence-electron chi connectivity index (χ2n) is 5.03. The van der Waals surface area contributed by atoms with E-state index in [-0.39, 0.29) is 0 Å². The minimum absolute atomic E-state index is 0.649. The molecular weight excluding hydrogens is 238 g/mol. The second-order valence-corrected chi connectivity index (χ2v) is 7.02. The van der Waals surface area contributed by atoms with E-state index in [0.29, 0.717) is 19.1 Å². The maximum atomic E-state index is 11.5. The molecule has 2 heterocycles. The normalized spacial score (nSPS) is 26.9. The number of hydrogen-bond donors (Lipinski definition) is 1. The molecule has 2 saturated heterocycles. The summed E-state index contributed by atoms with van der Waals surface area (Å²) in [4.78, 5) is 2.48. The molecule has 0 aromatic rings. The van der Waals surface area contributed by atoms with Crippen LogP contribution < -0.4 is 5.32 Å². The molecular formula is C11H23N3O2S. The Bertz CT molecular complexity index is 339. The van der Waals surface area contributed by atoms with Crippen molar-refractivity contribution < 1.29 is 8.42 Å². The molecule has 0 unspecified atom stereocenters. The molecule has 2 aliphatic rings. The zero-order valence-corrected chi connectivity index (χ0v) is 11.4. The van der Waals surface area contributed by atoms with Gasteiger partial charge >= 0.3 is 0 Å². The minimum atomic E-state index is -3.01. The zero-order valence-electron chi connectivity index (χ0n) is 10.6. The van der Waals surface area contributed by atoms with Crippen LogP contribution in [0.15, 0.2) is 0 Å². The molecule has 6 heteroatoms. The van der Waals surface area contributed by atoms with Gasteiger partial charge < -0.3 is 5.32 Å². The van der Waals surface area contributed by atoms with Crippen LogP contribution in [0.3, 0.4) is 0 Å². The number of hydrogen-bond acceptors (Lipinski definition) is 4. The Balaban J connectivity index is 1.91. The van der Waals surface area contributed by atoms with Gasteiger partial charge in [-0.2, -0.15) is 0 Å². The van der Waals surface area contributed by atoms with Gasteiger partial charge in [-0.3, -0.25) is 4.90 Å². The predicted molar refractivity (Wildman–Crippen MR) is 68.5 cm³/mol. The molecule has 2 fully saturated rings. The maximum absolute atomic E-state index is 11.5. The Morgan fingerprint density at radius 3 is 2.41 bits per heavy atom. The molecule has 0 bridgehead atoms. The first-order valence-electron chi connectivity index (χ1n) is 6.47. The number of rotatable bonds is 2. The van der Waals surface area contributed by atoms with E-state index in [1.54, 1.807) is 4.31 Å². The van der Waals surface area contributed by atoms with Crippen molar-refractivity contribution in [2.24, 2.45) is 0 Å². The van der Waals surface area contributed by atoms with Crippen molar-refractivity contribution in [2.75, 3.05) is 45.5 Å². The molecule has 0 radical (unpaired) electrons. The summed E-state index contributed by atoms with van der Waals surface area (Å²) in [6.45, 7) is 5.45. The Kier molecular flexibility index (Phi) is 4.41. The van der Waals surface area contributed by atoms with E-state index in [0.717, 1.165) is 32.6 Å². The molecule has 0 saturated carbocycles. The molecule has 0 aromatic carbocycles. The van der Waals surface area contributed by atoms with Crippen LogP contribution in [0.5, 0.6) is 0 Å². The third kappa shape index (κ3) is 3.64. The van der Waals surface area contributed by atoms with Gasteiger partial charge in [-0.05, 0) is 38.9 Å². The van der Waals surface area contributed by atoms with Crippen molar-refractivity contribution >= 4 is 10.0 Å². The van der Waals surface area contributed by atoms with Crippen molar-refractivity contribution in [3.05, 3.63) is 0 Å². The fourth-order valence-corrected chi connectivity index (χ4v) is 3.66. The number of nitrogens with one attached hydrogen (secondary N) is 1. The largest absolute Gasteiger partial charge is 0.317 e. The smallest absolute Gasteiger partial charge is 0.211 e. The van der Waals surface area contributed by atoms with Gasteiger partial charge in [0.25, 0.3) is 0 Å². The highest BCUT2D eigenvalue weighted by molar-refractivity contribution is 7.88. The Morgan fingerprint density at radius 1 is 1.06 bits per heavy atom. The van der Waals surface area contributed by atoms with Crippen LogP contribution in [-0.2, 0) is 10.0 Å². The standard InChI is InChI=1S/C11H23N3O2S/c1-17(15,16)14-8-2-7-13(9-10-14)11-3-5-12-6-4-11/h11-12H,2-10H2,1H3. The highest BCUT2D eigenvalue weighted by Gasteiger charge is 2.26. The molecule has 0 amide bonds. The number of sulfonamides is 1. The number of nitrogens with zero attached hydrogens (tertiary/aromatic N) is 2. The van der Waals surface area contributed by atoms with Crippen LogP contribution >= 0.6 is 0 Å².